The largest absolute Gasteiger partial charge is 0.443 e. The van der Waals surface area contributed by atoms with Gasteiger partial charge in [0.25, 0.3) is 5.91 Å². The van der Waals surface area contributed by atoms with Crippen molar-refractivity contribution in [2.45, 2.75) is 19.4 Å². The standard InChI is InChI=1S/C22H22F2N4O4S/c1-11(9-29)12-6-15(23)19(16(24)7-12)17-8-14(20(25)30)21(33-17)28-18-5-3-4-13(27-18)10-32-22(31)26-2/h3-8,11,29H,9-10H2,1-2H3,(H2,25,30)(H,26,31)(H,27,28). The zero-order chi connectivity index (χ0) is 24.1. The number of aliphatic hydroxyl groups is 1. The normalized spacial score (nSPS) is 11.7. The van der Waals surface area contributed by atoms with Crippen LogP contribution in [-0.2, 0) is 11.3 Å². The molecule has 33 heavy (non-hydrogen) atoms. The summed E-state index contributed by atoms with van der Waals surface area (Å²) in [5.74, 6) is -2.54. The van der Waals surface area contributed by atoms with E-state index in [1.807, 2.05) is 0 Å². The molecule has 5 N–H and O–H groups in total. The number of nitrogens with two attached hydrogens (primary N) is 1. The number of halogens is 2. The summed E-state index contributed by atoms with van der Waals surface area (Å²) in [5, 5.41) is 14.8. The first-order chi connectivity index (χ1) is 15.7. The number of nitrogens with one attached hydrogen (secondary N) is 2. The van der Waals surface area contributed by atoms with Crippen molar-refractivity contribution < 1.29 is 28.2 Å². The zero-order valence-electron chi connectivity index (χ0n) is 17.8. The van der Waals surface area contributed by atoms with Crippen LogP contribution in [0.1, 0.15) is 34.5 Å². The van der Waals surface area contributed by atoms with Gasteiger partial charge in [-0.3, -0.25) is 4.79 Å². The lowest BCUT2D eigenvalue weighted by Crippen LogP contribution is -2.19. The predicted molar refractivity (Wildman–Crippen MR) is 120 cm³/mol. The number of hydrogen-bond donors (Lipinski definition) is 4. The first-order valence-corrected chi connectivity index (χ1v) is 10.7. The van der Waals surface area contributed by atoms with Crippen LogP contribution in [0.5, 0.6) is 0 Å². The Kier molecular flexibility index (Phi) is 7.56. The lowest BCUT2D eigenvalue weighted by atomic mass is 9.99. The summed E-state index contributed by atoms with van der Waals surface area (Å²) in [5.41, 5.74) is 5.97. The molecule has 174 valence electrons. The van der Waals surface area contributed by atoms with Crippen LogP contribution in [0.25, 0.3) is 10.4 Å². The number of aromatic nitrogens is 1. The van der Waals surface area contributed by atoms with Gasteiger partial charge in [-0.25, -0.2) is 18.6 Å². The second-order valence-electron chi connectivity index (χ2n) is 7.13. The van der Waals surface area contributed by atoms with Gasteiger partial charge in [-0.1, -0.05) is 13.0 Å². The number of thiophene rings is 1. The fourth-order valence-electron chi connectivity index (χ4n) is 2.97. The van der Waals surface area contributed by atoms with Crippen LogP contribution in [-0.4, -0.2) is 35.7 Å². The Bertz CT molecular complexity index is 1160. The van der Waals surface area contributed by atoms with Gasteiger partial charge in [0.05, 0.1) is 16.8 Å². The molecule has 0 saturated carbocycles. The molecule has 0 bridgehead atoms. The SMILES string of the molecule is CNC(=O)OCc1cccc(Nc2sc(-c3c(F)cc(C(C)CO)cc3F)cc2C(N)=O)n1. The number of ether oxygens (including phenoxy) is 1. The third-order valence-electron chi connectivity index (χ3n) is 4.75. The third-order valence-corrected chi connectivity index (χ3v) is 5.82. The molecule has 2 aromatic heterocycles. The number of carbonyl (C=O) groups excluding carboxylic acids is 2. The van der Waals surface area contributed by atoms with E-state index in [0.29, 0.717) is 17.1 Å². The van der Waals surface area contributed by atoms with E-state index in [1.54, 1.807) is 25.1 Å². The molecule has 0 aliphatic carbocycles. The molecule has 1 aromatic carbocycles. The quantitative estimate of drug-likeness (QED) is 0.391. The van der Waals surface area contributed by atoms with Gasteiger partial charge in [0.15, 0.2) is 0 Å². The predicted octanol–water partition coefficient (Wildman–Crippen LogP) is 3.88. The number of primary amides is 1. The maximum Gasteiger partial charge on any atom is 0.407 e. The van der Waals surface area contributed by atoms with E-state index >= 15 is 0 Å². The molecule has 8 nitrogen and oxygen atoms in total. The summed E-state index contributed by atoms with van der Waals surface area (Å²) in [7, 11) is 1.43. The minimum atomic E-state index is -0.819. The van der Waals surface area contributed by atoms with Crippen molar-refractivity contribution in [1.29, 1.82) is 0 Å². The van der Waals surface area contributed by atoms with E-state index in [-0.39, 0.29) is 34.2 Å². The van der Waals surface area contributed by atoms with Crippen molar-refractivity contribution in [1.82, 2.24) is 10.3 Å². The summed E-state index contributed by atoms with van der Waals surface area (Å²) in [6.07, 6.45) is -0.613. The monoisotopic (exact) mass is 476 g/mol. The highest BCUT2D eigenvalue weighted by Gasteiger charge is 2.22. The van der Waals surface area contributed by atoms with Gasteiger partial charge < -0.3 is 26.2 Å². The van der Waals surface area contributed by atoms with Crippen LogP contribution < -0.4 is 16.4 Å². The number of nitrogens with zero attached hydrogens (tertiary/aromatic N) is 1. The summed E-state index contributed by atoms with van der Waals surface area (Å²) in [4.78, 5) is 27.7. The Morgan fingerprint density at radius 1 is 1.24 bits per heavy atom. The fraction of sp³-hybridized carbons (Fsp3) is 0.227. The number of hydrogen-bond acceptors (Lipinski definition) is 7. The lowest BCUT2D eigenvalue weighted by molar-refractivity contribution is 0.100. The molecular weight excluding hydrogens is 454 g/mol. The minimum absolute atomic E-state index is 0.0374. The number of alkyl carbamates (subject to hydrolysis) is 1. The van der Waals surface area contributed by atoms with E-state index in [2.05, 4.69) is 15.6 Å². The molecule has 0 fully saturated rings. The van der Waals surface area contributed by atoms with Crippen LogP contribution in [0.2, 0.25) is 0 Å². The maximum atomic E-state index is 14.8. The molecule has 0 radical (unpaired) electrons. The van der Waals surface area contributed by atoms with Crippen molar-refractivity contribution in [3.05, 3.63) is 64.9 Å². The van der Waals surface area contributed by atoms with Gasteiger partial charge in [0.2, 0.25) is 0 Å². The van der Waals surface area contributed by atoms with E-state index in [4.69, 9.17) is 10.5 Å². The first-order valence-electron chi connectivity index (χ1n) is 9.84. The lowest BCUT2D eigenvalue weighted by Gasteiger charge is -2.11. The Balaban J connectivity index is 1.93. The molecule has 1 atom stereocenters. The highest BCUT2D eigenvalue weighted by molar-refractivity contribution is 7.20. The van der Waals surface area contributed by atoms with E-state index in [1.165, 1.54) is 13.1 Å². The van der Waals surface area contributed by atoms with E-state index in [0.717, 1.165) is 23.5 Å². The van der Waals surface area contributed by atoms with Gasteiger partial charge in [-0.15, -0.1) is 11.3 Å². The van der Waals surface area contributed by atoms with Crippen LogP contribution in [0, 0.1) is 11.6 Å². The van der Waals surface area contributed by atoms with Crippen LogP contribution in [0.3, 0.4) is 0 Å². The van der Waals surface area contributed by atoms with Gasteiger partial charge in [0.1, 0.15) is 29.1 Å². The second-order valence-corrected chi connectivity index (χ2v) is 8.18. The average Bonchev–Trinajstić information content (AvgIpc) is 3.20. The topological polar surface area (TPSA) is 127 Å². The number of aliphatic hydroxyl groups excluding tert-OH is 1. The summed E-state index contributed by atoms with van der Waals surface area (Å²) < 4.78 is 34.5. The Morgan fingerprint density at radius 2 is 1.94 bits per heavy atom. The van der Waals surface area contributed by atoms with Crippen molar-refractivity contribution in [3.63, 3.8) is 0 Å². The van der Waals surface area contributed by atoms with Gasteiger partial charge >= 0.3 is 6.09 Å². The molecule has 2 amide bonds. The Hall–Kier alpha value is -3.57. The highest BCUT2D eigenvalue weighted by Crippen LogP contribution is 2.39. The zero-order valence-corrected chi connectivity index (χ0v) is 18.6. The number of rotatable bonds is 8. The molecule has 0 aliphatic rings. The number of anilines is 2. The molecule has 3 aromatic rings. The number of pyridine rings is 1. The average molecular weight is 477 g/mol. The molecule has 3 rings (SSSR count). The van der Waals surface area contributed by atoms with Crippen molar-refractivity contribution in [2.24, 2.45) is 5.73 Å². The van der Waals surface area contributed by atoms with Gasteiger partial charge in [0, 0.05) is 24.4 Å². The summed E-state index contributed by atoms with van der Waals surface area (Å²) in [6, 6.07) is 8.55. The summed E-state index contributed by atoms with van der Waals surface area (Å²) in [6.45, 7) is 1.31. The van der Waals surface area contributed by atoms with Crippen molar-refractivity contribution in [2.75, 3.05) is 19.0 Å². The molecule has 1 unspecified atom stereocenters. The van der Waals surface area contributed by atoms with Crippen molar-refractivity contribution >= 4 is 34.2 Å². The Morgan fingerprint density at radius 3 is 2.55 bits per heavy atom. The number of amides is 2. The smallest absolute Gasteiger partial charge is 0.407 e. The van der Waals surface area contributed by atoms with Gasteiger partial charge in [-0.2, -0.15) is 0 Å². The van der Waals surface area contributed by atoms with Crippen LogP contribution >= 0.6 is 11.3 Å². The minimum Gasteiger partial charge on any atom is -0.443 e. The number of benzene rings is 1. The van der Waals surface area contributed by atoms with Crippen LogP contribution in [0.15, 0.2) is 36.4 Å². The molecule has 0 spiro atoms. The maximum absolute atomic E-state index is 14.8. The fourth-order valence-corrected chi connectivity index (χ4v) is 4.08. The summed E-state index contributed by atoms with van der Waals surface area (Å²) >= 11 is 0.935. The van der Waals surface area contributed by atoms with E-state index < -0.39 is 29.6 Å². The van der Waals surface area contributed by atoms with Crippen molar-refractivity contribution in [3.8, 4) is 10.4 Å². The molecule has 2 heterocycles. The Labute approximate surface area is 192 Å². The number of carbonyl (C=O) groups is 2. The third kappa shape index (κ3) is 5.62. The molecular formula is C22H22F2N4O4S. The second kappa shape index (κ2) is 10.4. The first kappa shape index (κ1) is 24.1. The van der Waals surface area contributed by atoms with E-state index in [9.17, 15) is 23.5 Å². The molecule has 0 saturated heterocycles. The molecule has 11 heteroatoms. The van der Waals surface area contributed by atoms with Crippen LogP contribution in [0.4, 0.5) is 24.4 Å². The highest BCUT2D eigenvalue weighted by atomic mass is 32.1. The molecule has 0 aliphatic heterocycles. The van der Waals surface area contributed by atoms with Gasteiger partial charge in [-0.05, 0) is 35.9 Å².